The molecule has 1 heterocycles. The maximum absolute atomic E-state index is 10.7. The van der Waals surface area contributed by atoms with Gasteiger partial charge >= 0.3 is 0 Å². The molecule has 0 saturated carbocycles. The predicted molar refractivity (Wildman–Crippen MR) is 60.7 cm³/mol. The van der Waals surface area contributed by atoms with Crippen molar-refractivity contribution in [3.63, 3.8) is 0 Å². The van der Waals surface area contributed by atoms with Gasteiger partial charge in [-0.15, -0.1) is 0 Å². The zero-order valence-corrected chi connectivity index (χ0v) is 9.35. The van der Waals surface area contributed by atoms with Gasteiger partial charge in [-0.1, -0.05) is 17.2 Å². The van der Waals surface area contributed by atoms with Crippen molar-refractivity contribution in [1.29, 1.82) is 0 Å². The monoisotopic (exact) mass is 250 g/mol. The molecule has 0 N–H and O–H groups in total. The van der Waals surface area contributed by atoms with Crippen molar-refractivity contribution in [1.82, 2.24) is 0 Å². The summed E-state index contributed by atoms with van der Waals surface area (Å²) >= 11 is 0. The van der Waals surface area contributed by atoms with Crippen molar-refractivity contribution in [2.45, 2.75) is 5.79 Å². The Morgan fingerprint density at radius 1 is 1.50 bits per heavy atom. The largest absolute Gasteiger partial charge is 0.343 e. The molecular weight excluding hydrogens is 240 g/mol. The molecule has 0 atom stereocenters. The summed E-state index contributed by atoms with van der Waals surface area (Å²) in [5, 5.41) is 14.2. The van der Waals surface area contributed by atoms with Crippen LogP contribution in [0.3, 0.4) is 0 Å². The first-order chi connectivity index (χ1) is 8.68. The number of non-ortho nitro benzene ring substituents is 1. The van der Waals surface area contributed by atoms with Crippen LogP contribution >= 0.6 is 0 Å². The molecule has 2 rings (SSSR count). The lowest BCUT2D eigenvalue weighted by Crippen LogP contribution is -2.30. The van der Waals surface area contributed by atoms with Gasteiger partial charge in [-0.3, -0.25) is 10.1 Å². The lowest BCUT2D eigenvalue weighted by molar-refractivity contribution is -0.385. The number of nitro benzene ring substituents is 1. The fourth-order valence-corrected chi connectivity index (χ4v) is 1.79. The van der Waals surface area contributed by atoms with Gasteiger partial charge in [-0.05, 0) is 5.53 Å². The molecule has 8 nitrogen and oxygen atoms in total. The lowest BCUT2D eigenvalue weighted by Gasteiger charge is -2.25. The SMILES string of the molecule is [N-]=[N+]=NCC1(c2cccc([N+](=O)[O-])c2)OCCO1. The lowest BCUT2D eigenvalue weighted by atomic mass is 10.1. The smallest absolute Gasteiger partial charge is 0.269 e. The van der Waals surface area contributed by atoms with Gasteiger partial charge in [0.05, 0.1) is 24.7 Å². The van der Waals surface area contributed by atoms with Gasteiger partial charge in [-0.2, -0.15) is 0 Å². The minimum absolute atomic E-state index is 0.0630. The molecule has 0 aliphatic carbocycles. The number of hydrogen-bond acceptors (Lipinski definition) is 5. The van der Waals surface area contributed by atoms with Gasteiger partial charge in [0.25, 0.3) is 5.69 Å². The van der Waals surface area contributed by atoms with Crippen LogP contribution in [0.4, 0.5) is 5.69 Å². The van der Waals surface area contributed by atoms with E-state index in [0.717, 1.165) is 0 Å². The van der Waals surface area contributed by atoms with Crippen LogP contribution in [0.15, 0.2) is 29.4 Å². The van der Waals surface area contributed by atoms with Crippen LogP contribution in [0.2, 0.25) is 0 Å². The number of benzene rings is 1. The summed E-state index contributed by atoms with van der Waals surface area (Å²) in [7, 11) is 0. The van der Waals surface area contributed by atoms with Crippen LogP contribution in [-0.2, 0) is 15.3 Å². The molecule has 0 aromatic heterocycles. The van der Waals surface area contributed by atoms with E-state index in [1.165, 1.54) is 18.2 Å². The Balaban J connectivity index is 2.39. The highest BCUT2D eigenvalue weighted by Gasteiger charge is 2.38. The summed E-state index contributed by atoms with van der Waals surface area (Å²) in [4.78, 5) is 12.9. The third kappa shape index (κ3) is 2.25. The maximum Gasteiger partial charge on any atom is 0.269 e. The van der Waals surface area contributed by atoms with E-state index in [1.807, 2.05) is 0 Å². The van der Waals surface area contributed by atoms with Crippen LogP contribution in [0.5, 0.6) is 0 Å². The van der Waals surface area contributed by atoms with Crippen molar-refractivity contribution < 1.29 is 14.4 Å². The van der Waals surface area contributed by atoms with Gasteiger partial charge in [0.1, 0.15) is 0 Å². The maximum atomic E-state index is 10.7. The number of nitro groups is 1. The summed E-state index contributed by atoms with van der Waals surface area (Å²) in [6.07, 6.45) is 0. The zero-order chi connectivity index (χ0) is 13.0. The predicted octanol–water partition coefficient (Wildman–Crippen LogP) is 2.10. The van der Waals surface area contributed by atoms with Gasteiger partial charge < -0.3 is 9.47 Å². The van der Waals surface area contributed by atoms with Gasteiger partial charge in [0.2, 0.25) is 5.79 Å². The van der Waals surface area contributed by atoms with Crippen molar-refractivity contribution in [2.24, 2.45) is 5.11 Å². The molecule has 8 heteroatoms. The molecule has 0 amide bonds. The van der Waals surface area contributed by atoms with Crippen molar-refractivity contribution in [3.05, 3.63) is 50.4 Å². The topological polar surface area (TPSA) is 110 Å². The van der Waals surface area contributed by atoms with Crippen LogP contribution in [0.25, 0.3) is 10.4 Å². The van der Waals surface area contributed by atoms with Crippen LogP contribution < -0.4 is 0 Å². The molecule has 1 saturated heterocycles. The quantitative estimate of drug-likeness (QED) is 0.268. The molecular formula is C10H10N4O4. The Kier molecular flexibility index (Phi) is 3.42. The highest BCUT2D eigenvalue weighted by Crippen LogP contribution is 2.33. The summed E-state index contributed by atoms with van der Waals surface area (Å²) in [6.45, 7) is 0.637. The molecule has 94 valence electrons. The minimum Gasteiger partial charge on any atom is -0.343 e. The number of rotatable bonds is 4. The fourth-order valence-electron chi connectivity index (χ4n) is 1.79. The van der Waals surface area contributed by atoms with Crippen molar-refractivity contribution in [2.75, 3.05) is 19.8 Å². The van der Waals surface area contributed by atoms with Crippen LogP contribution in [0, 0.1) is 10.1 Å². The third-order valence-corrected chi connectivity index (χ3v) is 2.59. The van der Waals surface area contributed by atoms with E-state index in [9.17, 15) is 10.1 Å². The fraction of sp³-hybridized carbons (Fsp3) is 0.400. The highest BCUT2D eigenvalue weighted by atomic mass is 16.7. The molecule has 1 aliphatic heterocycles. The van der Waals surface area contributed by atoms with E-state index in [2.05, 4.69) is 10.0 Å². The van der Waals surface area contributed by atoms with Gasteiger partial charge in [0.15, 0.2) is 0 Å². The third-order valence-electron chi connectivity index (χ3n) is 2.59. The summed E-state index contributed by atoms with van der Waals surface area (Å²) in [6, 6.07) is 5.92. The standard InChI is InChI=1S/C10H10N4O4/c11-13-12-7-10(17-4-5-18-10)8-2-1-3-9(6-8)14(15)16/h1-3,6H,4-5,7H2. The summed E-state index contributed by atoms with van der Waals surface area (Å²) in [5.41, 5.74) is 8.78. The number of ether oxygens (including phenoxy) is 2. The van der Waals surface area contributed by atoms with E-state index >= 15 is 0 Å². The molecule has 1 fully saturated rings. The average Bonchev–Trinajstić information content (AvgIpc) is 2.86. The van der Waals surface area contributed by atoms with Crippen molar-refractivity contribution in [3.8, 4) is 0 Å². The molecule has 0 bridgehead atoms. The van der Waals surface area contributed by atoms with Gasteiger partial charge in [-0.25, -0.2) is 0 Å². The normalized spacial score (nSPS) is 17.1. The first-order valence-electron chi connectivity index (χ1n) is 5.22. The molecule has 18 heavy (non-hydrogen) atoms. The highest BCUT2D eigenvalue weighted by molar-refractivity contribution is 5.36. The second kappa shape index (κ2) is 5.01. The average molecular weight is 250 g/mol. The molecule has 1 aromatic carbocycles. The second-order valence-corrected chi connectivity index (χ2v) is 3.65. The Bertz CT molecular complexity index is 506. The molecule has 0 radical (unpaired) electrons. The molecule has 0 spiro atoms. The van der Waals surface area contributed by atoms with Crippen molar-refractivity contribution >= 4 is 5.69 Å². The summed E-state index contributed by atoms with van der Waals surface area (Å²) < 4.78 is 10.9. The second-order valence-electron chi connectivity index (χ2n) is 3.65. The van der Waals surface area contributed by atoms with Crippen LogP contribution in [-0.4, -0.2) is 24.7 Å². The van der Waals surface area contributed by atoms with E-state index in [-0.39, 0.29) is 12.2 Å². The van der Waals surface area contributed by atoms with E-state index in [0.29, 0.717) is 18.8 Å². The molecule has 1 aliphatic rings. The first kappa shape index (κ1) is 12.3. The number of azide groups is 1. The Labute approximate surface area is 102 Å². The molecule has 1 aromatic rings. The zero-order valence-electron chi connectivity index (χ0n) is 9.35. The Hall–Kier alpha value is -2.15. The van der Waals surface area contributed by atoms with E-state index in [1.54, 1.807) is 6.07 Å². The first-order valence-corrected chi connectivity index (χ1v) is 5.22. The number of hydrogen-bond donors (Lipinski definition) is 0. The van der Waals surface area contributed by atoms with E-state index < -0.39 is 10.7 Å². The Morgan fingerprint density at radius 3 is 2.83 bits per heavy atom. The number of nitrogens with zero attached hydrogens (tertiary/aromatic N) is 4. The molecule has 0 unspecified atom stereocenters. The minimum atomic E-state index is -1.21. The van der Waals surface area contributed by atoms with Gasteiger partial charge in [0, 0.05) is 22.6 Å². The Morgan fingerprint density at radius 2 is 2.22 bits per heavy atom. The van der Waals surface area contributed by atoms with Crippen LogP contribution in [0.1, 0.15) is 5.56 Å². The summed E-state index contributed by atoms with van der Waals surface area (Å²) in [5.74, 6) is -1.21. The van der Waals surface area contributed by atoms with E-state index in [4.69, 9.17) is 15.0 Å².